The first-order valence-corrected chi connectivity index (χ1v) is 8.68. The van der Waals surface area contributed by atoms with Gasteiger partial charge in [0.25, 0.3) is 0 Å². The molecule has 0 aliphatic carbocycles. The van der Waals surface area contributed by atoms with Crippen LogP contribution in [0.3, 0.4) is 0 Å². The minimum atomic E-state index is -0.852. The number of carbonyl (C=O) groups excluding carboxylic acids is 1. The zero-order valence-corrected chi connectivity index (χ0v) is 13.9. The number of amides is 1. The lowest BCUT2D eigenvalue weighted by atomic mass is 9.87. The van der Waals surface area contributed by atoms with E-state index in [2.05, 4.69) is 0 Å². The first kappa shape index (κ1) is 16.0. The summed E-state index contributed by atoms with van der Waals surface area (Å²) in [5.41, 5.74) is 1.57. The van der Waals surface area contributed by atoms with Gasteiger partial charge in [-0.1, -0.05) is 24.3 Å². The minimum Gasteiger partial charge on any atom is -0.486 e. The van der Waals surface area contributed by atoms with E-state index in [0.717, 1.165) is 12.1 Å². The highest BCUT2D eigenvalue weighted by atomic mass is 16.6. The van der Waals surface area contributed by atoms with Crippen LogP contribution in [0.2, 0.25) is 0 Å². The van der Waals surface area contributed by atoms with Crippen molar-refractivity contribution in [3.8, 4) is 11.5 Å². The summed E-state index contributed by atoms with van der Waals surface area (Å²) >= 11 is 0. The molecule has 2 heterocycles. The van der Waals surface area contributed by atoms with Gasteiger partial charge in [-0.15, -0.1) is 0 Å². The number of hydrogen-bond donors (Lipinski definition) is 1. The molecular formula is C20H21NO4. The number of carbonyl (C=O) groups is 1. The van der Waals surface area contributed by atoms with E-state index in [-0.39, 0.29) is 5.91 Å². The van der Waals surface area contributed by atoms with Gasteiger partial charge in [-0.25, -0.2) is 0 Å². The molecule has 1 saturated heterocycles. The highest BCUT2D eigenvalue weighted by Crippen LogP contribution is 2.37. The number of aliphatic hydroxyl groups excluding tert-OH is 1. The van der Waals surface area contributed by atoms with Crippen LogP contribution in [0, 0.1) is 5.92 Å². The summed E-state index contributed by atoms with van der Waals surface area (Å²) in [6, 6.07) is 15.0. The zero-order valence-electron chi connectivity index (χ0n) is 13.9. The van der Waals surface area contributed by atoms with Gasteiger partial charge < -0.3 is 19.5 Å². The number of hydrogen-bond acceptors (Lipinski definition) is 4. The summed E-state index contributed by atoms with van der Waals surface area (Å²) in [5, 5.41) is 10.8. The van der Waals surface area contributed by atoms with Crippen LogP contribution >= 0.6 is 0 Å². The van der Waals surface area contributed by atoms with E-state index in [1.165, 1.54) is 0 Å². The van der Waals surface area contributed by atoms with E-state index in [4.69, 9.17) is 9.47 Å². The lowest BCUT2D eigenvalue weighted by Crippen LogP contribution is -2.43. The number of ether oxygens (including phenoxy) is 2. The Balaban J connectivity index is 1.57. The average Bonchev–Trinajstić information content (AvgIpc) is 2.68. The summed E-state index contributed by atoms with van der Waals surface area (Å²) in [5.74, 6) is 0.838. The Morgan fingerprint density at radius 1 is 1.04 bits per heavy atom. The molecule has 130 valence electrons. The Morgan fingerprint density at radius 3 is 2.60 bits per heavy atom. The van der Waals surface area contributed by atoms with Crippen molar-refractivity contribution >= 4 is 11.6 Å². The summed E-state index contributed by atoms with van der Waals surface area (Å²) < 4.78 is 11.1. The van der Waals surface area contributed by atoms with Crippen molar-refractivity contribution in [1.29, 1.82) is 0 Å². The van der Waals surface area contributed by atoms with Crippen LogP contribution in [0.15, 0.2) is 48.5 Å². The van der Waals surface area contributed by atoms with E-state index in [1.807, 2.05) is 36.4 Å². The second kappa shape index (κ2) is 6.76. The van der Waals surface area contributed by atoms with Crippen molar-refractivity contribution < 1.29 is 19.4 Å². The molecule has 2 atom stereocenters. The van der Waals surface area contributed by atoms with E-state index in [0.29, 0.717) is 43.2 Å². The number of rotatable bonds is 3. The quantitative estimate of drug-likeness (QED) is 0.934. The smallest absolute Gasteiger partial charge is 0.233 e. The number of aliphatic hydroxyl groups is 1. The molecular weight excluding hydrogens is 318 g/mol. The minimum absolute atomic E-state index is 0.0279. The van der Waals surface area contributed by atoms with Crippen LogP contribution in [0.5, 0.6) is 11.5 Å². The predicted molar refractivity (Wildman–Crippen MR) is 93.9 cm³/mol. The maximum absolute atomic E-state index is 12.9. The normalized spacial score (nSPS) is 21.1. The number of benzene rings is 2. The highest BCUT2D eigenvalue weighted by molar-refractivity contribution is 5.96. The fourth-order valence-electron chi connectivity index (χ4n) is 3.54. The fraction of sp³-hybridized carbons (Fsp3) is 0.350. The van der Waals surface area contributed by atoms with Crippen LogP contribution in [-0.2, 0) is 4.79 Å². The molecule has 2 aliphatic heterocycles. The average molecular weight is 339 g/mol. The van der Waals surface area contributed by atoms with Gasteiger partial charge in [0.05, 0.1) is 12.0 Å². The topological polar surface area (TPSA) is 59.0 Å². The standard InChI is InChI=1S/C20H21NO4/c22-19(14-8-9-17-18(13-14)25-12-11-24-17)16-7-4-10-21(20(16)23)15-5-2-1-3-6-15/h1-3,5-6,8-9,13,16,19,22H,4,7,10-12H2/t16-,19-/m1/s1. The number of fused-ring (bicyclic) bond motifs is 1. The molecule has 0 spiro atoms. The first-order chi connectivity index (χ1) is 12.2. The molecule has 2 aliphatic rings. The Hall–Kier alpha value is -2.53. The van der Waals surface area contributed by atoms with Crippen LogP contribution in [0.1, 0.15) is 24.5 Å². The van der Waals surface area contributed by atoms with Crippen molar-refractivity contribution in [3.63, 3.8) is 0 Å². The second-order valence-electron chi connectivity index (χ2n) is 6.42. The second-order valence-corrected chi connectivity index (χ2v) is 6.42. The number of piperidine rings is 1. The summed E-state index contributed by atoms with van der Waals surface area (Å²) in [7, 11) is 0. The summed E-state index contributed by atoms with van der Waals surface area (Å²) in [6.45, 7) is 1.71. The first-order valence-electron chi connectivity index (χ1n) is 8.68. The molecule has 2 aromatic rings. The van der Waals surface area contributed by atoms with Gasteiger partial charge in [0.15, 0.2) is 11.5 Å². The third kappa shape index (κ3) is 3.07. The van der Waals surface area contributed by atoms with Crippen molar-refractivity contribution in [1.82, 2.24) is 0 Å². The third-order valence-corrected chi connectivity index (χ3v) is 4.84. The molecule has 0 saturated carbocycles. The summed E-state index contributed by atoms with van der Waals surface area (Å²) in [4.78, 5) is 14.7. The molecule has 1 fully saturated rings. The van der Waals surface area contributed by atoms with E-state index < -0.39 is 12.0 Å². The monoisotopic (exact) mass is 339 g/mol. The zero-order chi connectivity index (χ0) is 17.2. The molecule has 4 rings (SSSR count). The van der Waals surface area contributed by atoms with Crippen LogP contribution < -0.4 is 14.4 Å². The lowest BCUT2D eigenvalue weighted by molar-refractivity contribution is -0.127. The number of nitrogens with zero attached hydrogens (tertiary/aromatic N) is 1. The van der Waals surface area contributed by atoms with E-state index in [1.54, 1.807) is 17.0 Å². The molecule has 0 aromatic heterocycles. The van der Waals surface area contributed by atoms with Crippen molar-refractivity contribution in [2.75, 3.05) is 24.7 Å². The molecule has 1 amide bonds. The highest BCUT2D eigenvalue weighted by Gasteiger charge is 2.35. The van der Waals surface area contributed by atoms with Crippen LogP contribution in [-0.4, -0.2) is 30.8 Å². The molecule has 5 nitrogen and oxygen atoms in total. The van der Waals surface area contributed by atoms with Crippen LogP contribution in [0.25, 0.3) is 0 Å². The van der Waals surface area contributed by atoms with Gasteiger partial charge in [0.1, 0.15) is 13.2 Å². The predicted octanol–water partition coefficient (Wildman–Crippen LogP) is 2.93. The third-order valence-electron chi connectivity index (χ3n) is 4.84. The van der Waals surface area contributed by atoms with Crippen LogP contribution in [0.4, 0.5) is 5.69 Å². The van der Waals surface area contributed by atoms with Crippen molar-refractivity contribution in [2.24, 2.45) is 5.92 Å². The van der Waals surface area contributed by atoms with Crippen molar-refractivity contribution in [3.05, 3.63) is 54.1 Å². The number of para-hydroxylation sites is 1. The maximum atomic E-state index is 12.9. The molecule has 1 N–H and O–H groups in total. The van der Waals surface area contributed by atoms with E-state index in [9.17, 15) is 9.90 Å². The molecule has 5 heteroatoms. The molecule has 0 bridgehead atoms. The van der Waals surface area contributed by atoms with E-state index >= 15 is 0 Å². The van der Waals surface area contributed by atoms with Gasteiger partial charge >= 0.3 is 0 Å². The van der Waals surface area contributed by atoms with Gasteiger partial charge in [-0.05, 0) is 42.7 Å². The molecule has 25 heavy (non-hydrogen) atoms. The van der Waals surface area contributed by atoms with Gasteiger partial charge in [-0.2, -0.15) is 0 Å². The Bertz CT molecular complexity index is 762. The largest absolute Gasteiger partial charge is 0.486 e. The Kier molecular flexibility index (Phi) is 4.32. The van der Waals surface area contributed by atoms with Gasteiger partial charge in [0.2, 0.25) is 5.91 Å². The lowest BCUT2D eigenvalue weighted by Gasteiger charge is -2.34. The molecule has 0 radical (unpaired) electrons. The molecule has 2 aromatic carbocycles. The van der Waals surface area contributed by atoms with Gasteiger partial charge in [0, 0.05) is 12.2 Å². The maximum Gasteiger partial charge on any atom is 0.233 e. The van der Waals surface area contributed by atoms with Crippen molar-refractivity contribution in [2.45, 2.75) is 18.9 Å². The SMILES string of the molecule is O=C1[C@@H]([C@H](O)c2ccc3c(c2)OCCO3)CCCN1c1ccccc1. The number of anilines is 1. The molecule has 0 unspecified atom stereocenters. The Labute approximate surface area is 146 Å². The van der Waals surface area contributed by atoms with Gasteiger partial charge in [-0.3, -0.25) is 4.79 Å². The Morgan fingerprint density at radius 2 is 1.80 bits per heavy atom. The fourth-order valence-corrected chi connectivity index (χ4v) is 3.54. The summed E-state index contributed by atoms with van der Waals surface area (Å²) in [6.07, 6.45) is 0.694.